The highest BCUT2D eigenvalue weighted by Gasteiger charge is 2.69. The summed E-state index contributed by atoms with van der Waals surface area (Å²) in [5.74, 6) is -13.5. The third kappa shape index (κ3) is 3.88. The molecule has 11 nitrogen and oxygen atoms in total. The highest BCUT2D eigenvalue weighted by Crippen LogP contribution is 2.56. The molecule has 1 amide bonds. The molecular formula is C24H23F5N2O9. The number of phenolic OH excluding ortho intramolecular Hbond substituents is 1. The first-order valence-electron chi connectivity index (χ1n) is 11.5. The third-order valence-corrected chi connectivity index (χ3v) is 7.57. The monoisotopic (exact) mass is 578 g/mol. The predicted octanol–water partition coefficient (Wildman–Crippen LogP) is 0.648. The Balaban J connectivity index is 2.00. The van der Waals surface area contributed by atoms with Gasteiger partial charge in [0.25, 0.3) is 5.91 Å². The van der Waals surface area contributed by atoms with Crippen molar-refractivity contribution < 1.29 is 66.6 Å². The minimum absolute atomic E-state index is 0.303. The Bertz CT molecular complexity index is 1370. The fourth-order valence-electron chi connectivity index (χ4n) is 5.87. The van der Waals surface area contributed by atoms with Crippen LogP contribution in [0.3, 0.4) is 0 Å². The SMILES string of the molecule is CN(C)[C@H]1C(=O)C(C(N)=O)=C(O)[C@]2(O)C(=O)C3=C(O)c4c(O)cccc4[C@@H](COC(F)(F)C(F)(F)F)[C@@H]3[C@@H](O)[C@H]12. The summed E-state index contributed by atoms with van der Waals surface area (Å²) in [7, 11) is 2.48. The summed E-state index contributed by atoms with van der Waals surface area (Å²) in [4.78, 5) is 40.1. The maximum Gasteiger partial charge on any atom is 0.482 e. The number of aliphatic hydroxyl groups excluding tert-OH is 3. The van der Waals surface area contributed by atoms with Crippen LogP contribution in [-0.2, 0) is 19.1 Å². The Morgan fingerprint density at radius 1 is 1.12 bits per heavy atom. The van der Waals surface area contributed by atoms with Crippen LogP contribution in [0.5, 0.6) is 5.75 Å². The summed E-state index contributed by atoms with van der Waals surface area (Å²) >= 11 is 0. The van der Waals surface area contributed by atoms with Crippen LogP contribution in [0.4, 0.5) is 22.0 Å². The quantitative estimate of drug-likeness (QED) is 0.214. The van der Waals surface area contributed by atoms with Crippen molar-refractivity contribution >= 4 is 23.2 Å². The highest BCUT2D eigenvalue weighted by atomic mass is 19.4. The summed E-state index contributed by atoms with van der Waals surface area (Å²) < 4.78 is 70.0. The highest BCUT2D eigenvalue weighted by molar-refractivity contribution is 6.24. The number of rotatable bonds is 5. The van der Waals surface area contributed by atoms with E-state index in [-0.39, 0.29) is 5.56 Å². The molecule has 40 heavy (non-hydrogen) atoms. The second-order valence-corrected chi connectivity index (χ2v) is 9.93. The second-order valence-electron chi connectivity index (χ2n) is 9.93. The van der Waals surface area contributed by atoms with Crippen LogP contribution in [0.1, 0.15) is 17.0 Å². The van der Waals surface area contributed by atoms with Crippen LogP contribution in [0.25, 0.3) is 5.76 Å². The fraction of sp³-hybridized carbons (Fsp3) is 0.458. The number of aliphatic hydroxyl groups is 4. The molecule has 0 spiro atoms. The van der Waals surface area contributed by atoms with Crippen LogP contribution in [0.15, 0.2) is 35.1 Å². The number of primary amides is 1. The summed E-state index contributed by atoms with van der Waals surface area (Å²) in [6, 6.07) is 1.49. The summed E-state index contributed by atoms with van der Waals surface area (Å²) in [6.07, 6.45) is -14.1. The Morgan fingerprint density at radius 3 is 2.25 bits per heavy atom. The van der Waals surface area contributed by atoms with E-state index in [9.17, 15) is 61.9 Å². The number of phenols is 1. The number of fused-ring (bicyclic) bond motifs is 3. The van der Waals surface area contributed by atoms with Gasteiger partial charge in [-0.15, -0.1) is 0 Å². The minimum Gasteiger partial charge on any atom is -0.508 e. The van der Waals surface area contributed by atoms with Gasteiger partial charge >= 0.3 is 12.3 Å². The zero-order valence-electron chi connectivity index (χ0n) is 20.6. The lowest BCUT2D eigenvalue weighted by atomic mass is 9.54. The molecule has 1 aromatic carbocycles. The maximum absolute atomic E-state index is 13.8. The molecule has 3 aliphatic rings. The lowest BCUT2D eigenvalue weighted by Gasteiger charge is -2.54. The smallest absolute Gasteiger partial charge is 0.482 e. The number of benzene rings is 1. The first kappa shape index (κ1) is 29.4. The van der Waals surface area contributed by atoms with Crippen molar-refractivity contribution in [3.63, 3.8) is 0 Å². The number of Topliss-reactive ketones (excluding diaryl/α,β-unsaturated/α-hetero) is 2. The van der Waals surface area contributed by atoms with E-state index in [1.54, 1.807) is 0 Å². The van der Waals surface area contributed by atoms with Crippen molar-refractivity contribution in [3.8, 4) is 5.75 Å². The molecule has 218 valence electrons. The molecule has 1 fully saturated rings. The van der Waals surface area contributed by atoms with Gasteiger partial charge in [-0.2, -0.15) is 22.0 Å². The van der Waals surface area contributed by atoms with Crippen LogP contribution >= 0.6 is 0 Å². The molecule has 0 heterocycles. The Labute approximate surface area is 221 Å². The van der Waals surface area contributed by atoms with Crippen LogP contribution in [0.2, 0.25) is 0 Å². The van der Waals surface area contributed by atoms with Gasteiger partial charge in [0.15, 0.2) is 11.4 Å². The van der Waals surface area contributed by atoms with Crippen molar-refractivity contribution in [2.45, 2.75) is 35.9 Å². The summed E-state index contributed by atoms with van der Waals surface area (Å²) in [5, 5.41) is 55.3. The van der Waals surface area contributed by atoms with E-state index >= 15 is 0 Å². The number of amides is 1. The number of carbonyl (C=O) groups excluding carboxylic acids is 3. The van der Waals surface area contributed by atoms with Gasteiger partial charge in [-0.05, 0) is 25.7 Å². The fourth-order valence-corrected chi connectivity index (χ4v) is 5.87. The molecule has 6 atom stereocenters. The van der Waals surface area contributed by atoms with Gasteiger partial charge in [0, 0.05) is 17.4 Å². The molecule has 0 bridgehead atoms. The number of likely N-dealkylation sites (N-methyl/N-ethyl adjacent to an activating group) is 1. The third-order valence-electron chi connectivity index (χ3n) is 7.57. The number of alkyl halides is 5. The van der Waals surface area contributed by atoms with Gasteiger partial charge in [-0.25, -0.2) is 0 Å². The van der Waals surface area contributed by atoms with Crippen molar-refractivity contribution in [2.75, 3.05) is 20.7 Å². The van der Waals surface area contributed by atoms with Gasteiger partial charge in [0.05, 0.1) is 30.2 Å². The van der Waals surface area contributed by atoms with Gasteiger partial charge in [-0.3, -0.25) is 19.3 Å². The molecule has 4 rings (SSSR count). The topological polar surface area (TPSA) is 191 Å². The molecule has 0 saturated heterocycles. The maximum atomic E-state index is 13.8. The second kappa shape index (κ2) is 9.22. The van der Waals surface area contributed by atoms with Gasteiger partial charge in [-0.1, -0.05) is 12.1 Å². The van der Waals surface area contributed by atoms with Crippen molar-refractivity contribution in [2.24, 2.45) is 17.6 Å². The Hall–Kier alpha value is -3.60. The Kier molecular flexibility index (Phi) is 6.77. The first-order chi connectivity index (χ1) is 18.3. The zero-order valence-corrected chi connectivity index (χ0v) is 20.6. The molecule has 16 heteroatoms. The number of ketones is 2. The number of halogens is 5. The van der Waals surface area contributed by atoms with E-state index in [0.29, 0.717) is 0 Å². The molecule has 1 saturated carbocycles. The number of aromatic hydroxyl groups is 1. The van der Waals surface area contributed by atoms with Gasteiger partial charge < -0.3 is 36.0 Å². The number of nitrogens with two attached hydrogens (primary N) is 1. The molecule has 3 aliphatic carbocycles. The predicted molar refractivity (Wildman–Crippen MR) is 122 cm³/mol. The normalized spacial score (nSPS) is 30.8. The Morgan fingerprint density at radius 2 is 1.73 bits per heavy atom. The molecule has 0 aliphatic heterocycles. The van der Waals surface area contributed by atoms with Crippen LogP contribution in [-0.4, -0.2) is 98.6 Å². The van der Waals surface area contributed by atoms with E-state index in [4.69, 9.17) is 5.73 Å². The molecule has 0 aromatic heterocycles. The van der Waals surface area contributed by atoms with E-state index in [2.05, 4.69) is 4.74 Å². The summed E-state index contributed by atoms with van der Waals surface area (Å²) in [5.41, 5.74) is -1.17. The van der Waals surface area contributed by atoms with Crippen LogP contribution < -0.4 is 5.73 Å². The number of nitrogens with zero attached hydrogens (tertiary/aromatic N) is 1. The first-order valence-corrected chi connectivity index (χ1v) is 11.5. The number of hydrogen-bond acceptors (Lipinski definition) is 10. The van der Waals surface area contributed by atoms with Crippen LogP contribution in [0, 0.1) is 11.8 Å². The lowest BCUT2D eigenvalue weighted by Crippen LogP contribution is -2.70. The van der Waals surface area contributed by atoms with E-state index in [1.807, 2.05) is 0 Å². The molecule has 0 unspecified atom stereocenters. The van der Waals surface area contributed by atoms with Crippen molar-refractivity contribution in [1.82, 2.24) is 4.90 Å². The molecule has 7 N–H and O–H groups in total. The average Bonchev–Trinajstić information content (AvgIpc) is 2.82. The lowest BCUT2D eigenvalue weighted by molar-refractivity contribution is -0.392. The largest absolute Gasteiger partial charge is 0.508 e. The zero-order chi connectivity index (χ0) is 30.3. The standard InChI is InChI=1S/C24H23F5N2O9/c1-31(2)15-14-17(34)11-8(6-40-24(28,29)23(25,26)27)7-4-3-5-9(32)10(7)16(33)12(11)19(36)22(14,39)20(37)13(18(15)35)21(30)38/h3-5,8,11,14-15,17,32-34,37,39H,6H2,1-2H3,(H2,30,38)/t8-,11+,14+,15-,17-,22-/m1/s1. The number of carbonyl (C=O) groups is 3. The molecular weight excluding hydrogens is 555 g/mol. The summed E-state index contributed by atoms with van der Waals surface area (Å²) in [6.45, 7) is -1.53. The number of hydrogen-bond donors (Lipinski definition) is 6. The van der Waals surface area contributed by atoms with Gasteiger partial charge in [0.1, 0.15) is 22.8 Å². The number of ether oxygens (including phenoxy) is 1. The average molecular weight is 578 g/mol. The van der Waals surface area contributed by atoms with Crippen molar-refractivity contribution in [1.29, 1.82) is 0 Å². The molecule has 0 radical (unpaired) electrons. The van der Waals surface area contributed by atoms with E-state index in [0.717, 1.165) is 23.1 Å². The van der Waals surface area contributed by atoms with Crippen molar-refractivity contribution in [3.05, 3.63) is 46.2 Å². The molecule has 1 aromatic rings. The van der Waals surface area contributed by atoms with E-state index < -0.39 is 106 Å². The van der Waals surface area contributed by atoms with E-state index in [1.165, 1.54) is 14.1 Å². The minimum atomic E-state index is -6.15. The van der Waals surface area contributed by atoms with Gasteiger partial charge in [0.2, 0.25) is 5.78 Å².